The number of carbonyl (C=O) groups is 1. The van der Waals surface area contributed by atoms with E-state index in [1.54, 1.807) is 30.3 Å². The number of allylic oxidation sites excluding steroid dienone is 1. The summed E-state index contributed by atoms with van der Waals surface area (Å²) in [6.07, 6.45) is 1.49. The predicted octanol–water partition coefficient (Wildman–Crippen LogP) is 2.51. The molecule has 1 aromatic rings. The summed E-state index contributed by atoms with van der Waals surface area (Å²) in [5.74, 6) is -0.663. The minimum Gasteiger partial charge on any atom is -0.480 e. The first-order valence-corrected chi connectivity index (χ1v) is 7.23. The number of aliphatic carboxylic acids is 1. The monoisotopic (exact) mass is 269 g/mol. The van der Waals surface area contributed by atoms with E-state index < -0.39 is 19.5 Å². The molecular weight excluding hydrogens is 253 g/mol. The molecule has 0 radical (unpaired) electrons. The summed E-state index contributed by atoms with van der Waals surface area (Å²) in [7, 11) is -3.30. The van der Waals surface area contributed by atoms with Gasteiger partial charge in [-0.1, -0.05) is 24.3 Å². The third kappa shape index (κ3) is 4.35. The maximum atomic E-state index is 12.4. The Labute approximate surface area is 106 Å². The van der Waals surface area contributed by atoms with E-state index in [0.29, 0.717) is 5.75 Å². The van der Waals surface area contributed by atoms with Crippen LogP contribution in [0.4, 0.5) is 0 Å². The van der Waals surface area contributed by atoms with Gasteiger partial charge in [0.2, 0.25) is 0 Å². The van der Waals surface area contributed by atoms with Crippen molar-refractivity contribution in [1.82, 2.24) is 5.09 Å². The van der Waals surface area contributed by atoms with Gasteiger partial charge in [0.1, 0.15) is 11.8 Å². The van der Waals surface area contributed by atoms with Gasteiger partial charge in [-0.3, -0.25) is 9.36 Å². The van der Waals surface area contributed by atoms with Gasteiger partial charge >= 0.3 is 13.5 Å². The molecule has 0 saturated heterocycles. The van der Waals surface area contributed by atoms with E-state index in [9.17, 15) is 9.36 Å². The van der Waals surface area contributed by atoms with Crippen molar-refractivity contribution in [2.75, 3.05) is 6.16 Å². The fraction of sp³-hybridized carbons (Fsp3) is 0.250. The Bertz CT molecular complexity index is 460. The number of hydrogen-bond donors (Lipinski definition) is 2. The maximum absolute atomic E-state index is 12.4. The SMILES string of the molecule is C=CCP(=O)(N[C@@H](C)C(=O)O)Oc1ccccc1. The molecule has 0 amide bonds. The van der Waals surface area contributed by atoms with Crippen molar-refractivity contribution in [2.24, 2.45) is 0 Å². The zero-order chi connectivity index (χ0) is 13.6. The Balaban J connectivity index is 2.83. The number of carboxylic acids is 1. The number of para-hydroxylation sites is 1. The highest BCUT2D eigenvalue weighted by Crippen LogP contribution is 2.43. The standard InChI is InChI=1S/C12H16NO4P/c1-3-9-18(16,13-10(2)12(14)15)17-11-7-5-4-6-8-11/h3-8,10H,1,9H2,2H3,(H,13,16)(H,14,15)/t10-,18?/m0/s1. The first-order chi connectivity index (χ1) is 8.47. The largest absolute Gasteiger partial charge is 0.480 e. The second-order valence-electron chi connectivity index (χ2n) is 3.74. The van der Waals surface area contributed by atoms with Crippen molar-refractivity contribution in [3.8, 4) is 5.75 Å². The van der Waals surface area contributed by atoms with Gasteiger partial charge in [-0.05, 0) is 19.1 Å². The minimum atomic E-state index is -3.30. The summed E-state index contributed by atoms with van der Waals surface area (Å²) in [5, 5.41) is 11.3. The Kier molecular flexibility index (Phi) is 5.13. The first kappa shape index (κ1) is 14.5. The van der Waals surface area contributed by atoms with E-state index in [2.05, 4.69) is 11.7 Å². The summed E-state index contributed by atoms with van der Waals surface area (Å²) in [4.78, 5) is 10.8. The summed E-state index contributed by atoms with van der Waals surface area (Å²) in [6.45, 7) is 4.91. The van der Waals surface area contributed by atoms with E-state index in [1.165, 1.54) is 13.0 Å². The quantitative estimate of drug-likeness (QED) is 0.587. The lowest BCUT2D eigenvalue weighted by Gasteiger charge is -2.21. The number of nitrogens with one attached hydrogen (secondary N) is 1. The summed E-state index contributed by atoms with van der Waals surface area (Å²) in [5.41, 5.74) is 0. The molecule has 0 aliphatic carbocycles. The molecule has 0 heterocycles. The summed E-state index contributed by atoms with van der Waals surface area (Å²) >= 11 is 0. The Hall–Kier alpha value is -1.58. The molecule has 0 saturated carbocycles. The van der Waals surface area contributed by atoms with Crippen molar-refractivity contribution < 1.29 is 19.0 Å². The third-order valence-corrected chi connectivity index (χ3v) is 4.15. The van der Waals surface area contributed by atoms with Crippen LogP contribution in [-0.2, 0) is 9.36 Å². The van der Waals surface area contributed by atoms with Crippen molar-refractivity contribution in [1.29, 1.82) is 0 Å². The van der Waals surface area contributed by atoms with E-state index in [-0.39, 0.29) is 6.16 Å². The van der Waals surface area contributed by atoms with Gasteiger partial charge in [0.25, 0.3) is 0 Å². The molecule has 2 atom stereocenters. The molecule has 5 nitrogen and oxygen atoms in total. The predicted molar refractivity (Wildman–Crippen MR) is 70.0 cm³/mol. The van der Waals surface area contributed by atoms with Crippen molar-refractivity contribution in [3.05, 3.63) is 43.0 Å². The third-order valence-electron chi connectivity index (χ3n) is 2.13. The number of hydrogen-bond acceptors (Lipinski definition) is 3. The molecule has 0 aromatic heterocycles. The summed E-state index contributed by atoms with van der Waals surface area (Å²) < 4.78 is 17.8. The van der Waals surface area contributed by atoms with Crippen LogP contribution in [0.5, 0.6) is 5.75 Å². The fourth-order valence-electron chi connectivity index (χ4n) is 1.29. The van der Waals surface area contributed by atoms with Gasteiger partial charge in [0.05, 0.1) is 6.16 Å². The molecule has 6 heteroatoms. The van der Waals surface area contributed by atoms with Gasteiger partial charge in [-0.15, -0.1) is 6.58 Å². The van der Waals surface area contributed by atoms with Gasteiger partial charge in [-0.2, -0.15) is 0 Å². The van der Waals surface area contributed by atoms with E-state index in [0.717, 1.165) is 0 Å². The molecule has 98 valence electrons. The van der Waals surface area contributed by atoms with Crippen LogP contribution < -0.4 is 9.61 Å². The zero-order valence-electron chi connectivity index (χ0n) is 10.1. The minimum absolute atomic E-state index is 0.0551. The van der Waals surface area contributed by atoms with Gasteiger partial charge < -0.3 is 9.63 Å². The van der Waals surface area contributed by atoms with Gasteiger partial charge in [0, 0.05) is 0 Å². The Morgan fingerprint density at radius 2 is 2.17 bits per heavy atom. The molecule has 0 bridgehead atoms. The zero-order valence-corrected chi connectivity index (χ0v) is 11.0. The highest BCUT2D eigenvalue weighted by molar-refractivity contribution is 7.57. The number of benzene rings is 1. The molecule has 2 N–H and O–H groups in total. The van der Waals surface area contributed by atoms with Crippen LogP contribution in [0.25, 0.3) is 0 Å². The highest BCUT2D eigenvalue weighted by atomic mass is 31.2. The topological polar surface area (TPSA) is 75.6 Å². The van der Waals surface area contributed by atoms with E-state index >= 15 is 0 Å². The van der Waals surface area contributed by atoms with Crippen LogP contribution >= 0.6 is 7.52 Å². The molecule has 0 aliphatic rings. The van der Waals surface area contributed by atoms with Crippen LogP contribution in [0.3, 0.4) is 0 Å². The lowest BCUT2D eigenvalue weighted by molar-refractivity contribution is -0.138. The Morgan fingerprint density at radius 1 is 1.56 bits per heavy atom. The molecule has 1 unspecified atom stereocenters. The molecule has 0 fully saturated rings. The van der Waals surface area contributed by atoms with Crippen LogP contribution in [0.15, 0.2) is 43.0 Å². The average molecular weight is 269 g/mol. The highest BCUT2D eigenvalue weighted by Gasteiger charge is 2.27. The van der Waals surface area contributed by atoms with Crippen molar-refractivity contribution in [2.45, 2.75) is 13.0 Å². The maximum Gasteiger partial charge on any atom is 0.321 e. The molecule has 1 rings (SSSR count). The molecule has 0 aliphatic heterocycles. The first-order valence-electron chi connectivity index (χ1n) is 5.42. The van der Waals surface area contributed by atoms with Crippen LogP contribution in [-0.4, -0.2) is 23.3 Å². The van der Waals surface area contributed by atoms with Crippen molar-refractivity contribution >= 4 is 13.5 Å². The molecule has 1 aromatic carbocycles. The van der Waals surface area contributed by atoms with Gasteiger partial charge in [-0.25, -0.2) is 5.09 Å². The number of rotatable bonds is 7. The average Bonchev–Trinajstić information content (AvgIpc) is 2.29. The van der Waals surface area contributed by atoms with Crippen LogP contribution in [0.2, 0.25) is 0 Å². The van der Waals surface area contributed by atoms with Crippen molar-refractivity contribution in [3.63, 3.8) is 0 Å². The Morgan fingerprint density at radius 3 is 2.67 bits per heavy atom. The molecular formula is C12H16NO4P. The fourth-order valence-corrected chi connectivity index (χ4v) is 3.02. The smallest absolute Gasteiger partial charge is 0.321 e. The van der Waals surface area contributed by atoms with Crippen LogP contribution in [0, 0.1) is 0 Å². The normalized spacial score (nSPS) is 15.4. The van der Waals surface area contributed by atoms with E-state index in [1.807, 2.05) is 0 Å². The second-order valence-corrected chi connectivity index (χ2v) is 5.89. The lowest BCUT2D eigenvalue weighted by Crippen LogP contribution is -2.33. The number of carboxylic acid groups (broad SMARTS) is 1. The van der Waals surface area contributed by atoms with Gasteiger partial charge in [0.15, 0.2) is 0 Å². The van der Waals surface area contributed by atoms with E-state index in [4.69, 9.17) is 9.63 Å². The molecule has 0 spiro atoms. The summed E-state index contributed by atoms with van der Waals surface area (Å²) in [6, 6.07) is 7.65. The lowest BCUT2D eigenvalue weighted by atomic mass is 10.3. The second kappa shape index (κ2) is 6.38. The van der Waals surface area contributed by atoms with Crippen LogP contribution in [0.1, 0.15) is 6.92 Å². The molecule has 18 heavy (non-hydrogen) atoms.